The van der Waals surface area contributed by atoms with Crippen LogP contribution in [0.3, 0.4) is 0 Å². The lowest BCUT2D eigenvalue weighted by molar-refractivity contribution is -0.0718. The highest BCUT2D eigenvalue weighted by atomic mass is 79.9. The van der Waals surface area contributed by atoms with E-state index in [1.54, 1.807) is 6.20 Å². The SMILES string of the molecule is CCOC1C(Br)CC1Oc1cccc2ncccc12. The molecule has 1 aliphatic carbocycles. The number of aromatic nitrogens is 1. The lowest BCUT2D eigenvalue weighted by atomic mass is 9.91. The Kier molecular flexibility index (Phi) is 3.71. The highest BCUT2D eigenvalue weighted by Gasteiger charge is 2.42. The normalized spacial score (nSPS) is 26.1. The van der Waals surface area contributed by atoms with Gasteiger partial charge in [0.05, 0.1) is 5.52 Å². The minimum atomic E-state index is 0.120. The van der Waals surface area contributed by atoms with Crippen LogP contribution in [0.2, 0.25) is 0 Å². The molecular formula is C15H16BrNO2. The van der Waals surface area contributed by atoms with Crippen molar-refractivity contribution in [2.24, 2.45) is 0 Å². The van der Waals surface area contributed by atoms with Gasteiger partial charge in [-0.15, -0.1) is 0 Å². The van der Waals surface area contributed by atoms with Crippen LogP contribution in [0, 0.1) is 0 Å². The van der Waals surface area contributed by atoms with E-state index in [0.29, 0.717) is 11.4 Å². The molecule has 4 heteroatoms. The maximum Gasteiger partial charge on any atom is 0.129 e. The monoisotopic (exact) mass is 321 g/mol. The first-order valence-corrected chi connectivity index (χ1v) is 7.47. The van der Waals surface area contributed by atoms with Crippen LogP contribution in [0.1, 0.15) is 13.3 Å². The van der Waals surface area contributed by atoms with E-state index < -0.39 is 0 Å². The molecule has 1 fully saturated rings. The molecule has 0 bridgehead atoms. The van der Waals surface area contributed by atoms with Crippen LogP contribution >= 0.6 is 15.9 Å². The summed E-state index contributed by atoms with van der Waals surface area (Å²) in [6, 6.07) is 9.94. The van der Waals surface area contributed by atoms with Gasteiger partial charge in [-0.2, -0.15) is 0 Å². The summed E-state index contributed by atoms with van der Waals surface area (Å²) in [5.74, 6) is 0.889. The molecule has 3 rings (SSSR count). The van der Waals surface area contributed by atoms with Gasteiger partial charge in [-0.3, -0.25) is 4.98 Å². The van der Waals surface area contributed by atoms with Crippen molar-refractivity contribution in [3.63, 3.8) is 0 Å². The zero-order chi connectivity index (χ0) is 13.2. The highest BCUT2D eigenvalue weighted by Crippen LogP contribution is 2.35. The number of pyridine rings is 1. The fraction of sp³-hybridized carbons (Fsp3) is 0.400. The van der Waals surface area contributed by atoms with Crippen molar-refractivity contribution in [2.75, 3.05) is 6.61 Å². The van der Waals surface area contributed by atoms with Gasteiger partial charge in [0.1, 0.15) is 18.0 Å². The maximum atomic E-state index is 6.10. The van der Waals surface area contributed by atoms with E-state index in [9.17, 15) is 0 Å². The molecule has 0 saturated heterocycles. The van der Waals surface area contributed by atoms with Gasteiger partial charge < -0.3 is 9.47 Å². The standard InChI is InChI=1S/C15H16BrNO2/c1-2-18-15-11(16)9-14(15)19-13-7-3-6-12-10(13)5-4-8-17-12/h3-8,11,14-15H,2,9H2,1H3. The van der Waals surface area contributed by atoms with Crippen LogP contribution in [0.4, 0.5) is 0 Å². The highest BCUT2D eigenvalue weighted by molar-refractivity contribution is 9.09. The van der Waals surface area contributed by atoms with E-state index in [1.165, 1.54) is 0 Å². The second-order valence-electron chi connectivity index (χ2n) is 4.65. The summed E-state index contributed by atoms with van der Waals surface area (Å²) >= 11 is 3.61. The van der Waals surface area contributed by atoms with Crippen LogP contribution in [-0.4, -0.2) is 28.6 Å². The van der Waals surface area contributed by atoms with Crippen molar-refractivity contribution in [1.82, 2.24) is 4.98 Å². The van der Waals surface area contributed by atoms with Gasteiger partial charge in [0.15, 0.2) is 0 Å². The summed E-state index contributed by atoms with van der Waals surface area (Å²) in [7, 11) is 0. The van der Waals surface area contributed by atoms with E-state index in [-0.39, 0.29) is 12.2 Å². The van der Waals surface area contributed by atoms with Gasteiger partial charge >= 0.3 is 0 Å². The first kappa shape index (κ1) is 12.9. The lowest BCUT2D eigenvalue weighted by Gasteiger charge is -2.40. The molecule has 0 aliphatic heterocycles. The molecule has 0 amide bonds. The van der Waals surface area contributed by atoms with Crippen LogP contribution in [-0.2, 0) is 4.74 Å². The number of nitrogens with zero attached hydrogens (tertiary/aromatic N) is 1. The Balaban J connectivity index is 1.82. The number of halogens is 1. The molecule has 1 heterocycles. The fourth-order valence-electron chi connectivity index (χ4n) is 2.39. The third-order valence-corrected chi connectivity index (χ3v) is 4.32. The van der Waals surface area contributed by atoms with Crippen LogP contribution < -0.4 is 4.74 Å². The first-order chi connectivity index (χ1) is 9.29. The molecule has 19 heavy (non-hydrogen) atoms. The van der Waals surface area contributed by atoms with Crippen molar-refractivity contribution in [1.29, 1.82) is 0 Å². The van der Waals surface area contributed by atoms with Crippen molar-refractivity contribution in [3.05, 3.63) is 36.5 Å². The zero-order valence-corrected chi connectivity index (χ0v) is 12.3. The number of rotatable bonds is 4. The minimum Gasteiger partial charge on any atom is -0.487 e. The lowest BCUT2D eigenvalue weighted by Crippen LogP contribution is -2.52. The number of ether oxygens (including phenoxy) is 2. The zero-order valence-electron chi connectivity index (χ0n) is 10.8. The molecule has 0 radical (unpaired) electrons. The second-order valence-corrected chi connectivity index (χ2v) is 5.83. The molecule has 1 aliphatic rings. The number of hydrogen-bond acceptors (Lipinski definition) is 3. The molecule has 1 aromatic carbocycles. The molecule has 100 valence electrons. The number of alkyl halides is 1. The van der Waals surface area contributed by atoms with E-state index in [2.05, 4.69) is 20.9 Å². The van der Waals surface area contributed by atoms with Gasteiger partial charge in [0.2, 0.25) is 0 Å². The summed E-state index contributed by atoms with van der Waals surface area (Å²) in [5.41, 5.74) is 0.961. The van der Waals surface area contributed by atoms with Gasteiger partial charge in [-0.1, -0.05) is 22.0 Å². The molecule has 3 nitrogen and oxygen atoms in total. The fourth-order valence-corrected chi connectivity index (χ4v) is 3.25. The molecule has 1 aromatic heterocycles. The van der Waals surface area contributed by atoms with Crippen molar-refractivity contribution >= 4 is 26.8 Å². The first-order valence-electron chi connectivity index (χ1n) is 6.55. The third-order valence-electron chi connectivity index (χ3n) is 3.42. The van der Waals surface area contributed by atoms with E-state index in [0.717, 1.165) is 23.1 Å². The predicted octanol–water partition coefficient (Wildman–Crippen LogP) is 3.55. The van der Waals surface area contributed by atoms with Gasteiger partial charge in [0, 0.05) is 29.4 Å². The Morgan fingerprint density at radius 3 is 3.00 bits per heavy atom. The second kappa shape index (κ2) is 5.47. The van der Waals surface area contributed by atoms with E-state index >= 15 is 0 Å². The largest absolute Gasteiger partial charge is 0.487 e. The molecule has 2 aromatic rings. The van der Waals surface area contributed by atoms with E-state index in [4.69, 9.17) is 9.47 Å². The summed E-state index contributed by atoms with van der Waals surface area (Å²) in [6.45, 7) is 2.72. The summed E-state index contributed by atoms with van der Waals surface area (Å²) < 4.78 is 11.8. The minimum absolute atomic E-state index is 0.120. The maximum absolute atomic E-state index is 6.10. The third kappa shape index (κ3) is 2.47. The van der Waals surface area contributed by atoms with E-state index in [1.807, 2.05) is 37.3 Å². The topological polar surface area (TPSA) is 31.4 Å². The number of fused-ring (bicyclic) bond motifs is 1. The van der Waals surface area contributed by atoms with Gasteiger partial charge in [-0.05, 0) is 31.2 Å². The molecule has 3 unspecified atom stereocenters. The smallest absolute Gasteiger partial charge is 0.129 e. The van der Waals surface area contributed by atoms with Gasteiger partial charge in [-0.25, -0.2) is 0 Å². The molecule has 3 atom stereocenters. The van der Waals surface area contributed by atoms with Crippen molar-refractivity contribution in [2.45, 2.75) is 30.4 Å². The average Bonchev–Trinajstić information content (AvgIpc) is 2.45. The Hall–Kier alpha value is -1.13. The van der Waals surface area contributed by atoms with Crippen LogP contribution in [0.5, 0.6) is 5.75 Å². The molecular weight excluding hydrogens is 306 g/mol. The van der Waals surface area contributed by atoms with Crippen molar-refractivity contribution < 1.29 is 9.47 Å². The molecule has 1 saturated carbocycles. The predicted molar refractivity (Wildman–Crippen MR) is 78.9 cm³/mol. The van der Waals surface area contributed by atoms with Gasteiger partial charge in [0.25, 0.3) is 0 Å². The Labute approximate surface area is 121 Å². The Morgan fingerprint density at radius 1 is 1.32 bits per heavy atom. The summed E-state index contributed by atoms with van der Waals surface area (Å²) in [4.78, 5) is 4.74. The summed E-state index contributed by atoms with van der Waals surface area (Å²) in [5, 5.41) is 1.05. The average molecular weight is 322 g/mol. The molecule has 0 N–H and O–H groups in total. The number of benzene rings is 1. The van der Waals surface area contributed by atoms with Crippen LogP contribution in [0.15, 0.2) is 36.5 Å². The number of hydrogen-bond donors (Lipinski definition) is 0. The summed E-state index contributed by atoms with van der Waals surface area (Å²) in [6.07, 6.45) is 3.03. The quantitative estimate of drug-likeness (QED) is 0.807. The van der Waals surface area contributed by atoms with Crippen LogP contribution in [0.25, 0.3) is 10.9 Å². The Bertz CT molecular complexity index is 570. The Morgan fingerprint density at radius 2 is 2.21 bits per heavy atom. The molecule has 0 spiro atoms. The van der Waals surface area contributed by atoms with Crippen molar-refractivity contribution in [3.8, 4) is 5.75 Å².